The summed E-state index contributed by atoms with van der Waals surface area (Å²) in [5, 5.41) is 24.6. The fourth-order valence-corrected chi connectivity index (χ4v) is 2.19. The van der Waals surface area contributed by atoms with Crippen LogP contribution in [0.1, 0.15) is 16.7 Å². The number of phenols is 1. The zero-order chi connectivity index (χ0) is 20.0. The number of non-ortho nitro benzene ring substituents is 1. The smallest absolute Gasteiger partial charge is 0.277 e. The maximum atomic E-state index is 11.8. The molecule has 2 aromatic carbocycles. The minimum atomic E-state index is -0.629. The molecule has 0 aliphatic rings. The Hall–Kier alpha value is -3.62. The van der Waals surface area contributed by atoms with Crippen LogP contribution in [0.4, 0.5) is 5.69 Å². The van der Waals surface area contributed by atoms with Crippen LogP contribution in [0.3, 0.4) is 0 Å². The SMILES string of the molecule is COc1cc([N+](=O)[O-])cc(/C=N/NC(=O)COc2cc(C)ccc2C)c1O. The van der Waals surface area contributed by atoms with Gasteiger partial charge in [-0.1, -0.05) is 12.1 Å². The van der Waals surface area contributed by atoms with Crippen LogP contribution in [0.25, 0.3) is 0 Å². The highest BCUT2D eigenvalue weighted by Crippen LogP contribution is 2.33. The molecule has 142 valence electrons. The highest BCUT2D eigenvalue weighted by atomic mass is 16.6. The fourth-order valence-electron chi connectivity index (χ4n) is 2.19. The molecule has 0 atom stereocenters. The number of hydrogen-bond acceptors (Lipinski definition) is 7. The molecule has 0 aliphatic heterocycles. The van der Waals surface area contributed by atoms with Crippen molar-refractivity contribution in [3.63, 3.8) is 0 Å². The molecule has 0 heterocycles. The van der Waals surface area contributed by atoms with E-state index in [1.165, 1.54) is 7.11 Å². The van der Waals surface area contributed by atoms with Crippen molar-refractivity contribution in [3.8, 4) is 17.2 Å². The third kappa shape index (κ3) is 5.18. The number of benzene rings is 2. The van der Waals surface area contributed by atoms with Gasteiger partial charge in [-0.2, -0.15) is 5.10 Å². The number of methoxy groups -OCH3 is 1. The van der Waals surface area contributed by atoms with Gasteiger partial charge >= 0.3 is 0 Å². The van der Waals surface area contributed by atoms with Crippen molar-refractivity contribution in [3.05, 3.63) is 57.1 Å². The number of aromatic hydroxyl groups is 1. The Morgan fingerprint density at radius 2 is 2.04 bits per heavy atom. The largest absolute Gasteiger partial charge is 0.504 e. The maximum absolute atomic E-state index is 11.8. The van der Waals surface area contributed by atoms with Crippen LogP contribution in [-0.2, 0) is 4.79 Å². The third-order valence-electron chi connectivity index (χ3n) is 3.62. The number of nitro groups is 1. The first-order chi connectivity index (χ1) is 12.8. The van der Waals surface area contributed by atoms with E-state index in [0.29, 0.717) is 5.75 Å². The molecule has 0 saturated carbocycles. The molecule has 1 amide bonds. The molecule has 2 aromatic rings. The normalized spacial score (nSPS) is 10.6. The van der Waals surface area contributed by atoms with Crippen LogP contribution in [-0.4, -0.2) is 35.9 Å². The molecule has 27 heavy (non-hydrogen) atoms. The van der Waals surface area contributed by atoms with Crippen LogP contribution in [0.2, 0.25) is 0 Å². The van der Waals surface area contributed by atoms with Crippen molar-refractivity contribution in [2.45, 2.75) is 13.8 Å². The Labute approximate surface area is 155 Å². The molecule has 0 fully saturated rings. The number of aryl methyl sites for hydroxylation is 2. The second-order valence-corrected chi connectivity index (χ2v) is 5.69. The number of phenolic OH excluding ortho intramolecular Hbond substituents is 1. The predicted octanol–water partition coefficient (Wildman–Crippen LogP) is 2.45. The Bertz CT molecular complexity index is 895. The number of carbonyl (C=O) groups excluding carboxylic acids is 1. The maximum Gasteiger partial charge on any atom is 0.277 e. The van der Waals surface area contributed by atoms with E-state index in [4.69, 9.17) is 9.47 Å². The second kappa shape index (κ2) is 8.65. The molecule has 0 unspecified atom stereocenters. The van der Waals surface area contributed by atoms with Gasteiger partial charge in [0.2, 0.25) is 0 Å². The van der Waals surface area contributed by atoms with Gasteiger partial charge in [0, 0.05) is 11.6 Å². The first-order valence-electron chi connectivity index (χ1n) is 7.89. The van der Waals surface area contributed by atoms with E-state index in [2.05, 4.69) is 10.5 Å². The lowest BCUT2D eigenvalue weighted by molar-refractivity contribution is -0.385. The van der Waals surface area contributed by atoms with Gasteiger partial charge in [0.05, 0.1) is 24.3 Å². The molecule has 9 heteroatoms. The number of amides is 1. The van der Waals surface area contributed by atoms with Crippen LogP contribution < -0.4 is 14.9 Å². The average Bonchev–Trinajstić information content (AvgIpc) is 2.63. The van der Waals surface area contributed by atoms with Crippen molar-refractivity contribution < 1.29 is 24.3 Å². The van der Waals surface area contributed by atoms with Crippen molar-refractivity contribution in [1.82, 2.24) is 5.43 Å². The highest BCUT2D eigenvalue weighted by Gasteiger charge is 2.15. The number of hydrazone groups is 1. The quantitative estimate of drug-likeness (QED) is 0.436. The number of ether oxygens (including phenoxy) is 2. The summed E-state index contributed by atoms with van der Waals surface area (Å²) < 4.78 is 10.3. The lowest BCUT2D eigenvalue weighted by atomic mass is 10.1. The average molecular weight is 373 g/mol. The van der Waals surface area contributed by atoms with E-state index in [1.807, 2.05) is 32.0 Å². The van der Waals surface area contributed by atoms with Crippen molar-refractivity contribution in [2.75, 3.05) is 13.7 Å². The zero-order valence-electron chi connectivity index (χ0n) is 15.1. The van der Waals surface area contributed by atoms with E-state index in [0.717, 1.165) is 29.5 Å². The zero-order valence-corrected chi connectivity index (χ0v) is 15.1. The summed E-state index contributed by atoms with van der Waals surface area (Å²) in [5.41, 5.74) is 3.87. The molecular formula is C18H19N3O6. The molecule has 0 bridgehead atoms. The molecule has 0 aromatic heterocycles. The predicted molar refractivity (Wildman–Crippen MR) is 98.5 cm³/mol. The number of carbonyl (C=O) groups is 1. The summed E-state index contributed by atoms with van der Waals surface area (Å²) >= 11 is 0. The highest BCUT2D eigenvalue weighted by molar-refractivity contribution is 5.87. The van der Waals surface area contributed by atoms with E-state index >= 15 is 0 Å². The molecule has 0 aliphatic carbocycles. The lowest BCUT2D eigenvalue weighted by Crippen LogP contribution is -2.24. The topological polar surface area (TPSA) is 123 Å². The number of nitrogens with zero attached hydrogens (tertiary/aromatic N) is 2. The second-order valence-electron chi connectivity index (χ2n) is 5.69. The summed E-state index contributed by atoms with van der Waals surface area (Å²) in [5.74, 6) is -0.331. The summed E-state index contributed by atoms with van der Waals surface area (Å²) in [4.78, 5) is 22.1. The first kappa shape index (κ1) is 19.7. The molecule has 2 rings (SSSR count). The van der Waals surface area contributed by atoms with Gasteiger partial charge in [-0.3, -0.25) is 14.9 Å². The third-order valence-corrected chi connectivity index (χ3v) is 3.62. The number of nitro benzene ring substituents is 1. The number of nitrogens with one attached hydrogen (secondary N) is 1. The summed E-state index contributed by atoms with van der Waals surface area (Å²) in [6.07, 6.45) is 1.08. The van der Waals surface area contributed by atoms with Gasteiger partial charge in [-0.25, -0.2) is 5.43 Å². The van der Waals surface area contributed by atoms with Crippen molar-refractivity contribution in [1.29, 1.82) is 0 Å². The standard InChI is InChI=1S/C18H19N3O6/c1-11-4-5-12(2)15(6-11)27-10-17(22)20-19-9-13-7-14(21(24)25)8-16(26-3)18(13)23/h4-9,23H,10H2,1-3H3,(H,20,22)/b19-9+. The summed E-state index contributed by atoms with van der Waals surface area (Å²) in [7, 11) is 1.27. The van der Waals surface area contributed by atoms with Gasteiger partial charge in [0.25, 0.3) is 11.6 Å². The van der Waals surface area contributed by atoms with Gasteiger partial charge in [0.1, 0.15) is 5.75 Å². The van der Waals surface area contributed by atoms with Crippen LogP contribution >= 0.6 is 0 Å². The van der Waals surface area contributed by atoms with Gasteiger partial charge < -0.3 is 14.6 Å². The Morgan fingerprint density at radius 3 is 2.70 bits per heavy atom. The molecule has 0 spiro atoms. The van der Waals surface area contributed by atoms with Gasteiger partial charge in [0.15, 0.2) is 18.1 Å². The van der Waals surface area contributed by atoms with Crippen molar-refractivity contribution in [2.24, 2.45) is 5.10 Å². The monoisotopic (exact) mass is 373 g/mol. The van der Waals surface area contributed by atoms with E-state index in [-0.39, 0.29) is 29.4 Å². The number of rotatable bonds is 7. The van der Waals surface area contributed by atoms with Gasteiger partial charge in [-0.15, -0.1) is 0 Å². The Morgan fingerprint density at radius 1 is 1.30 bits per heavy atom. The Balaban J connectivity index is 2.02. The van der Waals surface area contributed by atoms with E-state index < -0.39 is 10.8 Å². The summed E-state index contributed by atoms with van der Waals surface area (Å²) in [6.45, 7) is 3.52. The van der Waals surface area contributed by atoms with Crippen molar-refractivity contribution >= 4 is 17.8 Å². The molecular weight excluding hydrogens is 354 g/mol. The van der Waals surface area contributed by atoms with Crippen LogP contribution in [0, 0.1) is 24.0 Å². The van der Waals surface area contributed by atoms with E-state index in [1.54, 1.807) is 0 Å². The fraction of sp³-hybridized carbons (Fsp3) is 0.222. The minimum absolute atomic E-state index is 0.0248. The van der Waals surface area contributed by atoms with Crippen LogP contribution in [0.15, 0.2) is 35.4 Å². The molecule has 0 radical (unpaired) electrons. The Kier molecular flexibility index (Phi) is 6.32. The van der Waals surface area contributed by atoms with Gasteiger partial charge in [-0.05, 0) is 31.0 Å². The lowest BCUT2D eigenvalue weighted by Gasteiger charge is -2.09. The minimum Gasteiger partial charge on any atom is -0.504 e. The summed E-state index contributed by atoms with van der Waals surface area (Å²) in [6, 6.07) is 7.84. The first-order valence-corrected chi connectivity index (χ1v) is 7.89. The molecule has 0 saturated heterocycles. The molecule has 9 nitrogen and oxygen atoms in total. The number of hydrogen-bond donors (Lipinski definition) is 2. The van der Waals surface area contributed by atoms with Crippen LogP contribution in [0.5, 0.6) is 17.2 Å². The molecule has 2 N–H and O–H groups in total. The van der Waals surface area contributed by atoms with E-state index in [9.17, 15) is 20.0 Å².